The summed E-state index contributed by atoms with van der Waals surface area (Å²) in [5.41, 5.74) is 1.46. The minimum atomic E-state index is -0.698. The molecule has 1 atom stereocenters. The fourth-order valence-corrected chi connectivity index (χ4v) is 2.09. The van der Waals surface area contributed by atoms with Crippen LogP contribution in [0.25, 0.3) is 0 Å². The van der Waals surface area contributed by atoms with Gasteiger partial charge in [0.15, 0.2) is 0 Å². The zero-order valence-electron chi connectivity index (χ0n) is 11.6. The molecule has 1 aromatic carbocycles. The molecule has 0 unspecified atom stereocenters. The number of carbonyl (C=O) groups is 2. The van der Waals surface area contributed by atoms with Crippen LogP contribution in [0.4, 0.5) is 0 Å². The number of cyclic esters (lactones) is 1. The summed E-state index contributed by atoms with van der Waals surface area (Å²) in [6, 6.07) is 4.07. The summed E-state index contributed by atoms with van der Waals surface area (Å²) in [5, 5.41) is 19.2. The summed E-state index contributed by atoms with van der Waals surface area (Å²) in [6.07, 6.45) is 4.45. The van der Waals surface area contributed by atoms with Gasteiger partial charge in [0.1, 0.15) is 23.9 Å². The van der Waals surface area contributed by atoms with Crippen molar-refractivity contribution in [3.05, 3.63) is 47.1 Å². The van der Waals surface area contributed by atoms with E-state index in [1.54, 1.807) is 19.1 Å². The van der Waals surface area contributed by atoms with Crippen LogP contribution in [0.3, 0.4) is 0 Å². The van der Waals surface area contributed by atoms with Gasteiger partial charge in [-0.25, -0.2) is 4.79 Å². The maximum absolute atomic E-state index is 11.8. The van der Waals surface area contributed by atoms with E-state index in [4.69, 9.17) is 4.74 Å². The average Bonchev–Trinajstić information content (AvgIpc) is 2.82. The molecule has 1 aromatic rings. The van der Waals surface area contributed by atoms with Crippen molar-refractivity contribution in [3.8, 4) is 11.5 Å². The number of allylic oxidation sites excluding steroid dienone is 2. The number of hydrogen-bond acceptors (Lipinski definition) is 5. The van der Waals surface area contributed by atoms with Gasteiger partial charge in [-0.05, 0) is 49.6 Å². The molecule has 1 aliphatic heterocycles. The van der Waals surface area contributed by atoms with Gasteiger partial charge in [0, 0.05) is 11.1 Å². The van der Waals surface area contributed by atoms with Gasteiger partial charge in [-0.3, -0.25) is 4.79 Å². The first-order valence-electron chi connectivity index (χ1n) is 6.56. The van der Waals surface area contributed by atoms with Crippen LogP contribution in [0.5, 0.6) is 11.5 Å². The van der Waals surface area contributed by atoms with Gasteiger partial charge in [0.05, 0.1) is 0 Å². The third-order valence-electron chi connectivity index (χ3n) is 3.23. The third kappa shape index (κ3) is 3.51. The molecule has 0 amide bonds. The highest BCUT2D eigenvalue weighted by Gasteiger charge is 2.28. The first-order chi connectivity index (χ1) is 10.0. The molecule has 110 valence electrons. The van der Waals surface area contributed by atoms with Gasteiger partial charge < -0.3 is 14.9 Å². The summed E-state index contributed by atoms with van der Waals surface area (Å²) in [5.74, 6) is -0.495. The zero-order chi connectivity index (χ0) is 15.4. The van der Waals surface area contributed by atoms with Gasteiger partial charge >= 0.3 is 5.97 Å². The maximum Gasteiger partial charge on any atom is 0.334 e. The molecule has 5 nitrogen and oxygen atoms in total. The average molecular weight is 288 g/mol. The number of esters is 1. The highest BCUT2D eigenvalue weighted by molar-refractivity contribution is 5.91. The molecule has 0 fully saturated rings. The van der Waals surface area contributed by atoms with Crippen molar-refractivity contribution < 1.29 is 24.5 Å². The highest BCUT2D eigenvalue weighted by atomic mass is 16.5. The number of hydrogen-bond donors (Lipinski definition) is 2. The summed E-state index contributed by atoms with van der Waals surface area (Å²) in [4.78, 5) is 22.3. The molecule has 0 radical (unpaired) electrons. The predicted molar refractivity (Wildman–Crippen MR) is 75.7 cm³/mol. The van der Waals surface area contributed by atoms with E-state index in [0.29, 0.717) is 29.6 Å². The lowest BCUT2D eigenvalue weighted by Crippen LogP contribution is -2.02. The zero-order valence-corrected chi connectivity index (χ0v) is 11.6. The summed E-state index contributed by atoms with van der Waals surface area (Å²) in [7, 11) is 0. The van der Waals surface area contributed by atoms with Crippen LogP contribution < -0.4 is 0 Å². The largest absolute Gasteiger partial charge is 0.508 e. The Morgan fingerprint density at radius 1 is 1.38 bits per heavy atom. The van der Waals surface area contributed by atoms with Crippen molar-refractivity contribution in [1.82, 2.24) is 0 Å². The quantitative estimate of drug-likeness (QED) is 0.376. The second kappa shape index (κ2) is 6.26. The molecule has 0 aromatic heterocycles. The van der Waals surface area contributed by atoms with Crippen LogP contribution in [0, 0.1) is 0 Å². The smallest absolute Gasteiger partial charge is 0.334 e. The Balaban J connectivity index is 2.12. The summed E-state index contributed by atoms with van der Waals surface area (Å²) >= 11 is 0. The number of benzene rings is 1. The molecule has 1 aliphatic rings. The van der Waals surface area contributed by atoms with E-state index < -0.39 is 12.1 Å². The summed E-state index contributed by atoms with van der Waals surface area (Å²) < 4.78 is 5.19. The molecule has 0 saturated carbocycles. The molecule has 0 saturated heterocycles. The number of rotatable bonds is 5. The Hall–Kier alpha value is -2.56. The standard InChI is InChI=1S/C16H16O5/c1-10(9-17)3-2-4-11-7-15(21-16(11)20)13-8-12(18)5-6-14(13)19/h3,5-9,15,18-19H,2,4H2,1H3/b10-3+/t15-/m1/s1. The highest BCUT2D eigenvalue weighted by Crippen LogP contribution is 2.36. The SMILES string of the molecule is C/C(C=O)=C\CCC1=C[C@H](c2cc(O)ccc2O)OC1=O. The van der Waals surface area contributed by atoms with Crippen LogP contribution in [-0.2, 0) is 14.3 Å². The molecule has 2 N–H and O–H groups in total. The lowest BCUT2D eigenvalue weighted by molar-refractivity contribution is -0.140. The van der Waals surface area contributed by atoms with Gasteiger partial charge in [-0.15, -0.1) is 0 Å². The van der Waals surface area contributed by atoms with Gasteiger partial charge in [-0.1, -0.05) is 6.08 Å². The molecule has 1 heterocycles. The molecule has 21 heavy (non-hydrogen) atoms. The lowest BCUT2D eigenvalue weighted by Gasteiger charge is -2.10. The number of aldehydes is 1. The molecule has 5 heteroatoms. The molecular weight excluding hydrogens is 272 g/mol. The van der Waals surface area contributed by atoms with E-state index in [1.807, 2.05) is 0 Å². The van der Waals surface area contributed by atoms with Gasteiger partial charge in [0.2, 0.25) is 0 Å². The number of aromatic hydroxyl groups is 2. The van der Waals surface area contributed by atoms with Crippen LogP contribution >= 0.6 is 0 Å². The number of phenols is 2. The van der Waals surface area contributed by atoms with Crippen LogP contribution in [0.1, 0.15) is 31.4 Å². The van der Waals surface area contributed by atoms with Crippen LogP contribution in [0.2, 0.25) is 0 Å². The summed E-state index contributed by atoms with van der Waals surface area (Å²) in [6.45, 7) is 1.70. The Labute approximate surface area is 122 Å². The van der Waals surface area contributed by atoms with Crippen LogP contribution in [0.15, 0.2) is 41.5 Å². The first-order valence-corrected chi connectivity index (χ1v) is 6.56. The Kier molecular flexibility index (Phi) is 4.42. The number of carbonyl (C=O) groups excluding carboxylic acids is 2. The van der Waals surface area contributed by atoms with E-state index in [2.05, 4.69) is 0 Å². The fraction of sp³-hybridized carbons (Fsp3) is 0.250. The fourth-order valence-electron chi connectivity index (χ4n) is 2.09. The first kappa shape index (κ1) is 14.8. The molecule has 0 aliphatic carbocycles. The second-order valence-corrected chi connectivity index (χ2v) is 4.87. The minimum Gasteiger partial charge on any atom is -0.508 e. The van der Waals surface area contributed by atoms with Crippen molar-refractivity contribution in [2.45, 2.75) is 25.9 Å². The normalized spacial score (nSPS) is 18.3. The van der Waals surface area contributed by atoms with Gasteiger partial charge in [0.25, 0.3) is 0 Å². The topological polar surface area (TPSA) is 83.8 Å². The van der Waals surface area contributed by atoms with Crippen molar-refractivity contribution >= 4 is 12.3 Å². The predicted octanol–water partition coefficient (Wildman–Crippen LogP) is 2.55. The van der Waals surface area contributed by atoms with E-state index >= 15 is 0 Å². The molecular formula is C16H16O5. The monoisotopic (exact) mass is 288 g/mol. The number of ether oxygens (including phenoxy) is 1. The van der Waals surface area contributed by atoms with Crippen molar-refractivity contribution in [2.24, 2.45) is 0 Å². The van der Waals surface area contributed by atoms with Gasteiger partial charge in [-0.2, -0.15) is 0 Å². The minimum absolute atomic E-state index is 0.00904. The maximum atomic E-state index is 11.8. The second-order valence-electron chi connectivity index (χ2n) is 4.87. The third-order valence-corrected chi connectivity index (χ3v) is 3.23. The van der Waals surface area contributed by atoms with Crippen LogP contribution in [-0.4, -0.2) is 22.5 Å². The Morgan fingerprint density at radius 2 is 2.14 bits per heavy atom. The Morgan fingerprint density at radius 3 is 2.86 bits per heavy atom. The Bertz CT molecular complexity index is 628. The molecule has 0 bridgehead atoms. The lowest BCUT2D eigenvalue weighted by atomic mass is 10.0. The van der Waals surface area contributed by atoms with Crippen molar-refractivity contribution in [2.75, 3.05) is 0 Å². The van der Waals surface area contributed by atoms with E-state index in [0.717, 1.165) is 6.29 Å². The van der Waals surface area contributed by atoms with E-state index in [-0.39, 0.29) is 11.5 Å². The molecule has 0 spiro atoms. The molecule has 2 rings (SSSR count). The van der Waals surface area contributed by atoms with Crippen molar-refractivity contribution in [3.63, 3.8) is 0 Å². The van der Waals surface area contributed by atoms with Crippen molar-refractivity contribution in [1.29, 1.82) is 0 Å². The van der Waals surface area contributed by atoms with E-state index in [1.165, 1.54) is 18.2 Å². The number of phenolic OH excluding ortho intramolecular Hbond substituents is 2. The van der Waals surface area contributed by atoms with E-state index in [9.17, 15) is 19.8 Å².